The van der Waals surface area contributed by atoms with E-state index in [-0.39, 0.29) is 11.4 Å². The van der Waals surface area contributed by atoms with Gasteiger partial charge in [0.15, 0.2) is 0 Å². The third-order valence-corrected chi connectivity index (χ3v) is 3.39. The number of nitrogen functional groups attached to an aromatic ring is 1. The summed E-state index contributed by atoms with van der Waals surface area (Å²) in [5, 5.41) is 0. The van der Waals surface area contributed by atoms with E-state index in [0.29, 0.717) is 5.56 Å². The lowest BCUT2D eigenvalue weighted by molar-refractivity contribution is 0.0953. The fraction of sp³-hybridized carbons (Fsp3) is 0.455. The molecule has 0 aliphatic heterocycles. The molecular formula is C11H18N4OS. The van der Waals surface area contributed by atoms with Crippen molar-refractivity contribution >= 4 is 17.7 Å². The molecule has 0 saturated heterocycles. The van der Waals surface area contributed by atoms with Gasteiger partial charge in [0.25, 0.3) is 5.91 Å². The number of rotatable bonds is 5. The number of thioether (sulfide) groups is 1. The SMILES string of the molecule is CC(C)(N)CSCc1ccc(C(=O)NN)cn1. The van der Waals surface area contributed by atoms with Crippen molar-refractivity contribution in [1.82, 2.24) is 10.4 Å². The van der Waals surface area contributed by atoms with Crippen LogP contribution in [0.3, 0.4) is 0 Å². The molecule has 0 aliphatic carbocycles. The van der Waals surface area contributed by atoms with E-state index in [4.69, 9.17) is 11.6 Å². The second-order valence-corrected chi connectivity index (χ2v) is 5.48. The molecule has 1 amide bonds. The molecule has 17 heavy (non-hydrogen) atoms. The molecular weight excluding hydrogens is 236 g/mol. The average molecular weight is 254 g/mol. The predicted molar refractivity (Wildman–Crippen MR) is 70.3 cm³/mol. The number of nitrogens with zero attached hydrogens (tertiary/aromatic N) is 1. The lowest BCUT2D eigenvalue weighted by Gasteiger charge is -2.17. The predicted octanol–water partition coefficient (Wildman–Crippen LogP) is 0.656. The molecule has 1 aromatic heterocycles. The molecule has 1 heterocycles. The fourth-order valence-electron chi connectivity index (χ4n) is 1.15. The van der Waals surface area contributed by atoms with Gasteiger partial charge in [0.1, 0.15) is 0 Å². The first kappa shape index (κ1) is 14.0. The molecule has 0 spiro atoms. The second-order valence-electron chi connectivity index (χ2n) is 4.49. The summed E-state index contributed by atoms with van der Waals surface area (Å²) in [4.78, 5) is 15.4. The number of amides is 1. The van der Waals surface area contributed by atoms with Crippen molar-refractivity contribution in [3.05, 3.63) is 29.6 Å². The maximum atomic E-state index is 11.2. The third kappa shape index (κ3) is 5.16. The van der Waals surface area contributed by atoms with Gasteiger partial charge in [-0.2, -0.15) is 11.8 Å². The highest BCUT2D eigenvalue weighted by molar-refractivity contribution is 7.98. The van der Waals surface area contributed by atoms with Gasteiger partial charge in [-0.15, -0.1) is 0 Å². The van der Waals surface area contributed by atoms with Crippen LogP contribution in [0.2, 0.25) is 0 Å². The van der Waals surface area contributed by atoms with Gasteiger partial charge in [0.05, 0.1) is 11.3 Å². The van der Waals surface area contributed by atoms with E-state index in [0.717, 1.165) is 17.2 Å². The molecule has 1 rings (SSSR count). The first-order chi connectivity index (χ1) is 7.92. The Morgan fingerprint density at radius 3 is 2.71 bits per heavy atom. The van der Waals surface area contributed by atoms with Crippen molar-refractivity contribution in [2.45, 2.75) is 25.1 Å². The van der Waals surface area contributed by atoms with Gasteiger partial charge in [0, 0.05) is 23.2 Å². The number of carbonyl (C=O) groups is 1. The number of aromatic nitrogens is 1. The van der Waals surface area contributed by atoms with E-state index in [9.17, 15) is 4.79 Å². The summed E-state index contributed by atoms with van der Waals surface area (Å²) >= 11 is 1.72. The van der Waals surface area contributed by atoms with Crippen LogP contribution in [0, 0.1) is 0 Å². The number of nitrogens with one attached hydrogen (secondary N) is 1. The average Bonchev–Trinajstić information content (AvgIpc) is 2.27. The second kappa shape index (κ2) is 6.00. The summed E-state index contributed by atoms with van der Waals surface area (Å²) in [6.45, 7) is 3.98. The number of nitrogens with two attached hydrogens (primary N) is 2. The summed E-state index contributed by atoms with van der Waals surface area (Å²) < 4.78 is 0. The molecule has 0 aliphatic rings. The van der Waals surface area contributed by atoms with E-state index in [1.165, 1.54) is 6.20 Å². The summed E-state index contributed by atoms with van der Waals surface area (Å²) in [5.41, 5.74) is 9.14. The zero-order valence-electron chi connectivity index (χ0n) is 10.1. The van der Waals surface area contributed by atoms with Crippen molar-refractivity contribution in [1.29, 1.82) is 0 Å². The lowest BCUT2D eigenvalue weighted by Crippen LogP contribution is -2.34. The Kier molecular flexibility index (Phi) is 4.92. The van der Waals surface area contributed by atoms with Gasteiger partial charge in [-0.1, -0.05) is 0 Å². The minimum absolute atomic E-state index is 0.177. The monoisotopic (exact) mass is 254 g/mol. The van der Waals surface area contributed by atoms with E-state index in [2.05, 4.69) is 10.4 Å². The van der Waals surface area contributed by atoms with Crippen molar-refractivity contribution in [2.24, 2.45) is 11.6 Å². The summed E-state index contributed by atoms with van der Waals surface area (Å²) in [6.07, 6.45) is 1.52. The first-order valence-corrected chi connectivity index (χ1v) is 6.40. The number of hydrogen-bond acceptors (Lipinski definition) is 5. The van der Waals surface area contributed by atoms with Crippen molar-refractivity contribution in [3.8, 4) is 0 Å². The van der Waals surface area contributed by atoms with E-state index < -0.39 is 0 Å². The zero-order chi connectivity index (χ0) is 12.9. The smallest absolute Gasteiger partial charge is 0.266 e. The van der Waals surface area contributed by atoms with Crippen LogP contribution in [0.1, 0.15) is 29.9 Å². The molecule has 5 N–H and O–H groups in total. The maximum Gasteiger partial charge on any atom is 0.266 e. The quantitative estimate of drug-likeness (QED) is 0.407. The first-order valence-electron chi connectivity index (χ1n) is 5.25. The molecule has 0 unspecified atom stereocenters. The molecule has 5 nitrogen and oxygen atoms in total. The zero-order valence-corrected chi connectivity index (χ0v) is 10.9. The van der Waals surface area contributed by atoms with E-state index in [1.54, 1.807) is 17.8 Å². The molecule has 0 saturated carbocycles. The van der Waals surface area contributed by atoms with Crippen LogP contribution in [-0.4, -0.2) is 22.2 Å². The molecule has 0 aromatic carbocycles. The normalized spacial score (nSPS) is 11.3. The number of hydrogen-bond donors (Lipinski definition) is 3. The summed E-state index contributed by atoms with van der Waals surface area (Å²) in [6, 6.07) is 3.53. The van der Waals surface area contributed by atoms with Crippen molar-refractivity contribution < 1.29 is 4.79 Å². The molecule has 6 heteroatoms. The standard InChI is InChI=1S/C11H18N4OS/c1-11(2,12)7-17-6-9-4-3-8(5-14-9)10(16)15-13/h3-5H,6-7,12-13H2,1-2H3,(H,15,16). The minimum Gasteiger partial charge on any atom is -0.325 e. The largest absolute Gasteiger partial charge is 0.325 e. The van der Waals surface area contributed by atoms with Crippen LogP contribution < -0.4 is 17.0 Å². The van der Waals surface area contributed by atoms with E-state index >= 15 is 0 Å². The molecule has 0 fully saturated rings. The fourth-order valence-corrected chi connectivity index (χ4v) is 2.15. The Hall–Kier alpha value is -1.11. The van der Waals surface area contributed by atoms with Crippen LogP contribution >= 0.6 is 11.8 Å². The Balaban J connectivity index is 2.49. The minimum atomic E-state index is -0.334. The van der Waals surface area contributed by atoms with Crippen LogP contribution in [0.15, 0.2) is 18.3 Å². The van der Waals surface area contributed by atoms with Gasteiger partial charge in [-0.3, -0.25) is 15.2 Å². The topological polar surface area (TPSA) is 94.0 Å². The van der Waals surface area contributed by atoms with Gasteiger partial charge < -0.3 is 5.73 Å². The highest BCUT2D eigenvalue weighted by Gasteiger charge is 2.10. The highest BCUT2D eigenvalue weighted by Crippen LogP contribution is 2.15. The summed E-state index contributed by atoms with van der Waals surface area (Å²) in [5.74, 6) is 6.34. The van der Waals surface area contributed by atoms with Gasteiger partial charge in [-0.25, -0.2) is 5.84 Å². The Labute approximate surface area is 105 Å². The van der Waals surface area contributed by atoms with Crippen LogP contribution in [-0.2, 0) is 5.75 Å². The lowest BCUT2D eigenvalue weighted by atomic mass is 10.1. The van der Waals surface area contributed by atoms with Gasteiger partial charge in [0.2, 0.25) is 0 Å². The Bertz CT molecular complexity index is 372. The van der Waals surface area contributed by atoms with E-state index in [1.807, 2.05) is 19.9 Å². The number of hydrazine groups is 1. The van der Waals surface area contributed by atoms with Crippen molar-refractivity contribution in [3.63, 3.8) is 0 Å². The Morgan fingerprint density at radius 1 is 1.53 bits per heavy atom. The highest BCUT2D eigenvalue weighted by atomic mass is 32.2. The molecule has 0 bridgehead atoms. The van der Waals surface area contributed by atoms with Crippen LogP contribution in [0.25, 0.3) is 0 Å². The molecule has 0 atom stereocenters. The maximum absolute atomic E-state index is 11.2. The molecule has 94 valence electrons. The van der Waals surface area contributed by atoms with Gasteiger partial charge >= 0.3 is 0 Å². The summed E-state index contributed by atoms with van der Waals surface area (Å²) in [7, 11) is 0. The van der Waals surface area contributed by atoms with Crippen molar-refractivity contribution in [2.75, 3.05) is 5.75 Å². The third-order valence-electron chi connectivity index (χ3n) is 1.94. The molecule has 0 radical (unpaired) electrons. The van der Waals surface area contributed by atoms with Gasteiger partial charge in [-0.05, 0) is 26.0 Å². The van der Waals surface area contributed by atoms with Crippen LogP contribution in [0.4, 0.5) is 0 Å². The Morgan fingerprint density at radius 2 is 2.24 bits per heavy atom. The number of pyridine rings is 1. The number of carbonyl (C=O) groups excluding carboxylic acids is 1. The molecule has 1 aromatic rings. The van der Waals surface area contributed by atoms with Crippen LogP contribution in [0.5, 0.6) is 0 Å².